The molecule has 1 N–H and O–H groups in total. The minimum Gasteiger partial charge on any atom is -0.367 e. The van der Waals surface area contributed by atoms with Gasteiger partial charge >= 0.3 is 6.18 Å². The molecule has 24 heavy (non-hydrogen) atoms. The van der Waals surface area contributed by atoms with E-state index in [1.54, 1.807) is 18.2 Å². The van der Waals surface area contributed by atoms with Gasteiger partial charge in [0.2, 0.25) is 0 Å². The summed E-state index contributed by atoms with van der Waals surface area (Å²) in [5.41, 5.74) is 1.36. The fourth-order valence-electron chi connectivity index (χ4n) is 1.82. The lowest BCUT2D eigenvalue weighted by molar-refractivity contribution is -0.176. The van der Waals surface area contributed by atoms with Gasteiger partial charge in [-0.2, -0.15) is 13.2 Å². The second-order valence-corrected chi connectivity index (χ2v) is 6.21. The molecular weight excluding hydrogens is 411 g/mol. The number of benzene rings is 2. The standard InChI is InChI=1S/C16H12BrClF3NO2/c17-12-5-6-14(13(18)7-12)22-15(23)11-3-1-10(2-4-11)8-24-9-16(19,20)21/h1-7H,8-9H2,(H,22,23). The van der Waals surface area contributed by atoms with Crippen molar-refractivity contribution in [2.75, 3.05) is 11.9 Å². The number of halogens is 5. The highest BCUT2D eigenvalue weighted by Crippen LogP contribution is 2.26. The van der Waals surface area contributed by atoms with Crippen LogP contribution in [0.1, 0.15) is 15.9 Å². The van der Waals surface area contributed by atoms with Gasteiger partial charge in [-0.25, -0.2) is 0 Å². The van der Waals surface area contributed by atoms with Gasteiger partial charge in [-0.1, -0.05) is 39.7 Å². The van der Waals surface area contributed by atoms with Crippen molar-refractivity contribution < 1.29 is 22.7 Å². The van der Waals surface area contributed by atoms with E-state index in [1.807, 2.05) is 0 Å². The molecule has 0 unspecified atom stereocenters. The zero-order valence-electron chi connectivity index (χ0n) is 12.2. The highest BCUT2D eigenvalue weighted by molar-refractivity contribution is 9.10. The van der Waals surface area contributed by atoms with E-state index in [-0.39, 0.29) is 12.5 Å². The minimum absolute atomic E-state index is 0.181. The van der Waals surface area contributed by atoms with E-state index in [9.17, 15) is 18.0 Å². The van der Waals surface area contributed by atoms with Crippen molar-refractivity contribution >= 4 is 39.1 Å². The lowest BCUT2D eigenvalue weighted by Gasteiger charge is -2.09. The van der Waals surface area contributed by atoms with Gasteiger partial charge in [-0.3, -0.25) is 4.79 Å². The zero-order valence-corrected chi connectivity index (χ0v) is 14.5. The Hall–Kier alpha value is -1.57. The van der Waals surface area contributed by atoms with E-state index in [1.165, 1.54) is 24.3 Å². The first-order chi connectivity index (χ1) is 11.2. The largest absolute Gasteiger partial charge is 0.411 e. The molecule has 2 aromatic carbocycles. The van der Waals surface area contributed by atoms with Crippen molar-refractivity contribution in [2.24, 2.45) is 0 Å². The molecule has 0 aromatic heterocycles. The molecule has 0 saturated heterocycles. The molecule has 128 valence electrons. The smallest absolute Gasteiger partial charge is 0.367 e. The third kappa shape index (κ3) is 5.81. The van der Waals surface area contributed by atoms with E-state index < -0.39 is 12.8 Å². The third-order valence-corrected chi connectivity index (χ3v) is 3.74. The van der Waals surface area contributed by atoms with Crippen LogP contribution in [0.5, 0.6) is 0 Å². The fourth-order valence-corrected chi connectivity index (χ4v) is 2.54. The normalized spacial score (nSPS) is 11.4. The maximum atomic E-state index is 12.1. The van der Waals surface area contributed by atoms with Gasteiger partial charge in [0.15, 0.2) is 0 Å². The summed E-state index contributed by atoms with van der Waals surface area (Å²) in [4.78, 5) is 12.1. The predicted molar refractivity (Wildman–Crippen MR) is 89.3 cm³/mol. The third-order valence-electron chi connectivity index (χ3n) is 2.93. The van der Waals surface area contributed by atoms with E-state index in [2.05, 4.69) is 26.0 Å². The Balaban J connectivity index is 1.96. The number of alkyl halides is 3. The maximum Gasteiger partial charge on any atom is 0.411 e. The van der Waals surface area contributed by atoms with Crippen LogP contribution >= 0.6 is 27.5 Å². The van der Waals surface area contributed by atoms with Crippen LogP contribution in [0.2, 0.25) is 5.02 Å². The van der Waals surface area contributed by atoms with Crippen LogP contribution in [0.3, 0.4) is 0 Å². The van der Waals surface area contributed by atoms with Crippen LogP contribution in [0.4, 0.5) is 18.9 Å². The molecule has 0 aliphatic carbocycles. The van der Waals surface area contributed by atoms with Gasteiger partial charge in [0.25, 0.3) is 5.91 Å². The number of amides is 1. The Labute approximate surface area is 149 Å². The number of carbonyl (C=O) groups is 1. The molecule has 0 aliphatic heterocycles. The second kappa shape index (κ2) is 8.00. The summed E-state index contributed by atoms with van der Waals surface area (Å²) in [7, 11) is 0. The Kier molecular flexibility index (Phi) is 6.26. The summed E-state index contributed by atoms with van der Waals surface area (Å²) in [6.45, 7) is -1.49. The highest BCUT2D eigenvalue weighted by Gasteiger charge is 2.27. The molecular formula is C16H12BrClF3NO2. The Morgan fingerprint density at radius 3 is 2.42 bits per heavy atom. The molecule has 2 rings (SSSR count). The SMILES string of the molecule is O=C(Nc1ccc(Br)cc1Cl)c1ccc(COCC(F)(F)F)cc1. The summed E-state index contributed by atoms with van der Waals surface area (Å²) in [5.74, 6) is -0.373. The molecule has 8 heteroatoms. The van der Waals surface area contributed by atoms with Crippen LogP contribution in [0, 0.1) is 0 Å². The van der Waals surface area contributed by atoms with E-state index in [0.29, 0.717) is 21.8 Å². The summed E-state index contributed by atoms with van der Waals surface area (Å²) in [5, 5.41) is 3.05. The van der Waals surface area contributed by atoms with Crippen molar-refractivity contribution in [3.05, 3.63) is 63.1 Å². The van der Waals surface area contributed by atoms with Gasteiger partial charge in [0.05, 0.1) is 17.3 Å². The number of anilines is 1. The molecule has 0 fully saturated rings. The average Bonchev–Trinajstić information content (AvgIpc) is 2.49. The molecule has 3 nitrogen and oxygen atoms in total. The van der Waals surface area contributed by atoms with E-state index in [0.717, 1.165) is 4.47 Å². The molecule has 1 amide bonds. The van der Waals surface area contributed by atoms with Gasteiger partial charge < -0.3 is 10.1 Å². The van der Waals surface area contributed by atoms with Crippen LogP contribution in [-0.4, -0.2) is 18.7 Å². The van der Waals surface area contributed by atoms with Gasteiger partial charge in [0.1, 0.15) is 6.61 Å². The molecule has 0 saturated carbocycles. The minimum atomic E-state index is -4.36. The first-order valence-electron chi connectivity index (χ1n) is 6.74. The Morgan fingerprint density at radius 2 is 1.83 bits per heavy atom. The summed E-state index contributed by atoms with van der Waals surface area (Å²) in [6, 6.07) is 11.1. The molecule has 0 aliphatic rings. The number of nitrogens with one attached hydrogen (secondary N) is 1. The number of hydrogen-bond acceptors (Lipinski definition) is 2. The predicted octanol–water partition coefficient (Wildman–Crippen LogP) is 5.43. The van der Waals surface area contributed by atoms with Crippen LogP contribution < -0.4 is 5.32 Å². The van der Waals surface area contributed by atoms with E-state index >= 15 is 0 Å². The zero-order chi connectivity index (χ0) is 17.7. The van der Waals surface area contributed by atoms with Crippen LogP contribution in [0.15, 0.2) is 46.9 Å². The molecule has 0 atom stereocenters. The van der Waals surface area contributed by atoms with Crippen molar-refractivity contribution in [1.29, 1.82) is 0 Å². The topological polar surface area (TPSA) is 38.3 Å². The summed E-state index contributed by atoms with van der Waals surface area (Å²) in [6.07, 6.45) is -4.36. The number of hydrogen-bond donors (Lipinski definition) is 1. The lowest BCUT2D eigenvalue weighted by atomic mass is 10.1. The van der Waals surface area contributed by atoms with Gasteiger partial charge in [-0.15, -0.1) is 0 Å². The quantitative estimate of drug-likeness (QED) is 0.697. The highest BCUT2D eigenvalue weighted by atomic mass is 79.9. The van der Waals surface area contributed by atoms with Crippen molar-refractivity contribution in [1.82, 2.24) is 0 Å². The number of ether oxygens (including phenoxy) is 1. The molecule has 0 heterocycles. The lowest BCUT2D eigenvalue weighted by Crippen LogP contribution is -2.16. The fraction of sp³-hybridized carbons (Fsp3) is 0.188. The summed E-state index contributed by atoms with van der Waals surface area (Å²) < 4.78 is 41.3. The van der Waals surface area contributed by atoms with Crippen molar-refractivity contribution in [3.63, 3.8) is 0 Å². The number of rotatable bonds is 5. The molecule has 0 radical (unpaired) electrons. The van der Waals surface area contributed by atoms with Gasteiger partial charge in [0, 0.05) is 10.0 Å². The van der Waals surface area contributed by atoms with Crippen molar-refractivity contribution in [3.8, 4) is 0 Å². The molecule has 0 spiro atoms. The number of carbonyl (C=O) groups excluding carboxylic acids is 1. The average molecular weight is 423 g/mol. The van der Waals surface area contributed by atoms with Crippen LogP contribution in [0.25, 0.3) is 0 Å². The maximum absolute atomic E-state index is 12.1. The monoisotopic (exact) mass is 421 g/mol. The summed E-state index contributed by atoms with van der Waals surface area (Å²) >= 11 is 9.30. The molecule has 2 aromatic rings. The Morgan fingerprint density at radius 1 is 1.17 bits per heavy atom. The van der Waals surface area contributed by atoms with Crippen molar-refractivity contribution in [2.45, 2.75) is 12.8 Å². The second-order valence-electron chi connectivity index (χ2n) is 4.88. The van der Waals surface area contributed by atoms with Crippen LogP contribution in [-0.2, 0) is 11.3 Å². The Bertz CT molecular complexity index is 720. The molecule has 0 bridgehead atoms. The first-order valence-corrected chi connectivity index (χ1v) is 7.91. The van der Waals surface area contributed by atoms with Gasteiger partial charge in [-0.05, 0) is 35.9 Å². The van der Waals surface area contributed by atoms with E-state index in [4.69, 9.17) is 11.6 Å². The first kappa shape index (κ1) is 18.8.